The Bertz CT molecular complexity index is 355. The number of nitrogens with one attached hydrogen (secondary N) is 1. The van der Waals surface area contributed by atoms with Crippen molar-refractivity contribution < 1.29 is 9.53 Å². The number of hydrogen-bond acceptors (Lipinski definition) is 3. The van der Waals surface area contributed by atoms with Crippen molar-refractivity contribution >= 4 is 18.3 Å². The first-order chi connectivity index (χ1) is 8.15. The van der Waals surface area contributed by atoms with Crippen LogP contribution in [0.5, 0.6) is 5.75 Å². The Morgan fingerprint density at radius 3 is 2.50 bits per heavy atom. The van der Waals surface area contributed by atoms with Crippen molar-refractivity contribution in [2.45, 2.75) is 13.3 Å². The molecule has 1 rings (SSSR count). The van der Waals surface area contributed by atoms with Crippen LogP contribution < -0.4 is 15.8 Å². The zero-order valence-corrected chi connectivity index (χ0v) is 11.6. The highest BCUT2D eigenvalue weighted by molar-refractivity contribution is 5.85. The molecule has 0 aliphatic rings. The van der Waals surface area contributed by atoms with Crippen molar-refractivity contribution in [2.75, 3.05) is 20.2 Å². The van der Waals surface area contributed by atoms with Crippen molar-refractivity contribution in [1.82, 2.24) is 5.32 Å². The lowest BCUT2D eigenvalue weighted by atomic mass is 10.1. The Kier molecular flexibility index (Phi) is 8.16. The zero-order chi connectivity index (χ0) is 12.7. The Hall–Kier alpha value is -1.26. The molecule has 0 saturated heterocycles. The minimum absolute atomic E-state index is 0. The molecule has 0 spiro atoms. The van der Waals surface area contributed by atoms with Crippen LogP contribution in [-0.4, -0.2) is 26.1 Å². The van der Waals surface area contributed by atoms with E-state index in [0.29, 0.717) is 25.4 Å². The fourth-order valence-corrected chi connectivity index (χ4v) is 1.36. The lowest BCUT2D eigenvalue weighted by molar-refractivity contribution is -0.120. The Balaban J connectivity index is 0.00000289. The van der Waals surface area contributed by atoms with Crippen LogP contribution >= 0.6 is 12.4 Å². The molecule has 0 radical (unpaired) electrons. The standard InChI is InChI=1S/C13H20N2O2.ClH/c1-10(8-14)9-15-13(16)7-11-3-5-12(17-2)6-4-11;/h3-6,10H,7-9,14H2,1-2H3,(H,15,16);1H. The van der Waals surface area contributed by atoms with E-state index in [2.05, 4.69) is 5.32 Å². The summed E-state index contributed by atoms with van der Waals surface area (Å²) in [4.78, 5) is 11.6. The molecule has 0 bridgehead atoms. The lowest BCUT2D eigenvalue weighted by Gasteiger charge is -2.10. The molecule has 0 aliphatic carbocycles. The summed E-state index contributed by atoms with van der Waals surface area (Å²) in [6.07, 6.45) is 0.390. The summed E-state index contributed by atoms with van der Waals surface area (Å²) in [5, 5.41) is 2.86. The molecule has 0 aromatic heterocycles. The topological polar surface area (TPSA) is 64.3 Å². The van der Waals surface area contributed by atoms with Gasteiger partial charge in [0.25, 0.3) is 0 Å². The van der Waals surface area contributed by atoms with Gasteiger partial charge in [0.05, 0.1) is 13.5 Å². The van der Waals surface area contributed by atoms with Gasteiger partial charge in [-0.2, -0.15) is 0 Å². The predicted molar refractivity (Wildman–Crippen MR) is 75.2 cm³/mol. The van der Waals surface area contributed by atoms with Gasteiger partial charge >= 0.3 is 0 Å². The third-order valence-corrected chi connectivity index (χ3v) is 2.57. The number of carbonyl (C=O) groups is 1. The van der Waals surface area contributed by atoms with Crippen molar-refractivity contribution in [3.8, 4) is 5.75 Å². The number of methoxy groups -OCH3 is 1. The van der Waals surface area contributed by atoms with Crippen LogP contribution in [0.25, 0.3) is 0 Å². The highest BCUT2D eigenvalue weighted by atomic mass is 35.5. The molecule has 1 aromatic carbocycles. The minimum Gasteiger partial charge on any atom is -0.497 e. The van der Waals surface area contributed by atoms with E-state index in [9.17, 15) is 4.79 Å². The van der Waals surface area contributed by atoms with Crippen molar-refractivity contribution in [3.05, 3.63) is 29.8 Å². The zero-order valence-electron chi connectivity index (χ0n) is 10.8. The first-order valence-electron chi connectivity index (χ1n) is 5.75. The highest BCUT2D eigenvalue weighted by Crippen LogP contribution is 2.11. The van der Waals surface area contributed by atoms with Crippen LogP contribution in [0, 0.1) is 5.92 Å². The van der Waals surface area contributed by atoms with Gasteiger partial charge in [-0.3, -0.25) is 4.79 Å². The Labute approximate surface area is 114 Å². The summed E-state index contributed by atoms with van der Waals surface area (Å²) in [5.41, 5.74) is 6.45. The number of hydrogen-bond donors (Lipinski definition) is 2. The molecular formula is C13H21ClN2O2. The molecule has 102 valence electrons. The van der Waals surface area contributed by atoms with E-state index >= 15 is 0 Å². The van der Waals surface area contributed by atoms with Crippen LogP contribution in [0.2, 0.25) is 0 Å². The largest absolute Gasteiger partial charge is 0.497 e. The summed E-state index contributed by atoms with van der Waals surface area (Å²) < 4.78 is 5.05. The maximum Gasteiger partial charge on any atom is 0.224 e. The lowest BCUT2D eigenvalue weighted by Crippen LogP contribution is -2.32. The monoisotopic (exact) mass is 272 g/mol. The minimum atomic E-state index is 0. The predicted octanol–water partition coefficient (Wildman–Crippen LogP) is 1.37. The average molecular weight is 273 g/mol. The van der Waals surface area contributed by atoms with E-state index in [4.69, 9.17) is 10.5 Å². The number of carbonyl (C=O) groups excluding carboxylic acids is 1. The molecule has 1 atom stereocenters. The number of amides is 1. The molecular weight excluding hydrogens is 252 g/mol. The number of benzene rings is 1. The van der Waals surface area contributed by atoms with Crippen molar-refractivity contribution in [2.24, 2.45) is 11.7 Å². The van der Waals surface area contributed by atoms with Crippen LogP contribution in [-0.2, 0) is 11.2 Å². The van der Waals surface area contributed by atoms with Crippen molar-refractivity contribution in [3.63, 3.8) is 0 Å². The second-order valence-corrected chi connectivity index (χ2v) is 4.17. The third-order valence-electron chi connectivity index (χ3n) is 2.57. The van der Waals surface area contributed by atoms with Gasteiger partial charge in [-0.15, -0.1) is 12.4 Å². The van der Waals surface area contributed by atoms with Gasteiger partial charge in [0.1, 0.15) is 5.75 Å². The third kappa shape index (κ3) is 5.89. The summed E-state index contributed by atoms with van der Waals surface area (Å²) in [6.45, 7) is 3.22. The maximum absolute atomic E-state index is 11.6. The molecule has 0 heterocycles. The number of rotatable bonds is 6. The van der Waals surface area contributed by atoms with Crippen LogP contribution in [0.1, 0.15) is 12.5 Å². The van der Waals surface area contributed by atoms with Crippen LogP contribution in [0.3, 0.4) is 0 Å². The second-order valence-electron chi connectivity index (χ2n) is 4.17. The van der Waals surface area contributed by atoms with Crippen molar-refractivity contribution in [1.29, 1.82) is 0 Å². The summed E-state index contributed by atoms with van der Waals surface area (Å²) in [5.74, 6) is 1.14. The van der Waals surface area contributed by atoms with Gasteiger partial charge < -0.3 is 15.8 Å². The normalized spacial score (nSPS) is 11.3. The molecule has 0 aliphatic heterocycles. The first-order valence-corrected chi connectivity index (χ1v) is 5.75. The van der Waals surface area contributed by atoms with E-state index in [1.165, 1.54) is 0 Å². The molecule has 5 heteroatoms. The molecule has 4 nitrogen and oxygen atoms in total. The Morgan fingerprint density at radius 2 is 2.00 bits per heavy atom. The van der Waals surface area contributed by atoms with Crippen LogP contribution in [0.15, 0.2) is 24.3 Å². The summed E-state index contributed by atoms with van der Waals surface area (Å²) in [7, 11) is 1.62. The van der Waals surface area contributed by atoms with Gasteiger partial charge in [0.2, 0.25) is 5.91 Å². The maximum atomic E-state index is 11.6. The van der Waals surface area contributed by atoms with E-state index in [0.717, 1.165) is 11.3 Å². The highest BCUT2D eigenvalue weighted by Gasteiger charge is 2.05. The number of ether oxygens (including phenoxy) is 1. The van der Waals surface area contributed by atoms with Gasteiger partial charge in [-0.25, -0.2) is 0 Å². The van der Waals surface area contributed by atoms with Gasteiger partial charge in [0, 0.05) is 6.54 Å². The van der Waals surface area contributed by atoms with Gasteiger partial charge in [0.15, 0.2) is 0 Å². The average Bonchev–Trinajstić information content (AvgIpc) is 2.36. The van der Waals surface area contributed by atoms with Crippen LogP contribution in [0.4, 0.5) is 0 Å². The summed E-state index contributed by atoms with van der Waals surface area (Å²) in [6, 6.07) is 7.49. The molecule has 0 saturated carbocycles. The van der Waals surface area contributed by atoms with Gasteiger partial charge in [-0.1, -0.05) is 19.1 Å². The summed E-state index contributed by atoms with van der Waals surface area (Å²) >= 11 is 0. The van der Waals surface area contributed by atoms with E-state index in [1.807, 2.05) is 31.2 Å². The Morgan fingerprint density at radius 1 is 1.39 bits per heavy atom. The SMILES string of the molecule is COc1ccc(CC(=O)NCC(C)CN)cc1.Cl. The molecule has 1 unspecified atom stereocenters. The number of nitrogens with two attached hydrogens (primary N) is 1. The quantitative estimate of drug-likeness (QED) is 0.822. The van der Waals surface area contributed by atoms with E-state index < -0.39 is 0 Å². The molecule has 0 fully saturated rings. The number of halogens is 1. The van der Waals surface area contributed by atoms with Gasteiger partial charge in [-0.05, 0) is 30.2 Å². The first kappa shape index (κ1) is 16.7. The second kappa shape index (κ2) is 8.78. The fourth-order valence-electron chi connectivity index (χ4n) is 1.36. The smallest absolute Gasteiger partial charge is 0.224 e. The molecule has 3 N–H and O–H groups in total. The molecule has 1 amide bonds. The molecule has 18 heavy (non-hydrogen) atoms. The fraction of sp³-hybridized carbons (Fsp3) is 0.462. The van der Waals surface area contributed by atoms with E-state index in [1.54, 1.807) is 7.11 Å². The van der Waals surface area contributed by atoms with E-state index in [-0.39, 0.29) is 18.3 Å². The molecule has 1 aromatic rings.